The second-order valence-corrected chi connectivity index (χ2v) is 4.14. The molecule has 0 saturated carbocycles. The number of ether oxygens (including phenoxy) is 1. The summed E-state index contributed by atoms with van der Waals surface area (Å²) in [5.41, 5.74) is 0.247. The maximum Gasteiger partial charge on any atom is 0.172 e. The van der Waals surface area contributed by atoms with Crippen LogP contribution in [0, 0.1) is 56.7 Å². The lowest BCUT2D eigenvalue weighted by Gasteiger charge is -2.19. The first-order valence-electron chi connectivity index (χ1n) is 5.48. The molecule has 0 saturated heterocycles. The lowest BCUT2D eigenvalue weighted by Crippen LogP contribution is -2.20. The highest BCUT2D eigenvalue weighted by Gasteiger charge is 2.37. The fourth-order valence-electron chi connectivity index (χ4n) is 1.33. The van der Waals surface area contributed by atoms with Crippen LogP contribution in [0.5, 0.6) is 0 Å². The van der Waals surface area contributed by atoms with Crippen molar-refractivity contribution in [2.75, 3.05) is 0 Å². The Labute approximate surface area is 117 Å². The van der Waals surface area contributed by atoms with Gasteiger partial charge in [0.1, 0.15) is 30.2 Å². The van der Waals surface area contributed by atoms with Crippen LogP contribution >= 0.6 is 0 Å². The largest absolute Gasteiger partial charge is 0.480 e. The summed E-state index contributed by atoms with van der Waals surface area (Å²) in [5.74, 6) is 0.102. The Morgan fingerprint density at radius 3 is 1.85 bits per heavy atom. The van der Waals surface area contributed by atoms with Crippen LogP contribution in [0.1, 0.15) is 27.2 Å². The minimum atomic E-state index is -0.626. The van der Waals surface area contributed by atoms with Crippen LogP contribution in [0.2, 0.25) is 0 Å². The predicted octanol–water partition coefficient (Wildman–Crippen LogP) is 2.36. The summed E-state index contributed by atoms with van der Waals surface area (Å²) in [6.45, 7) is 5.34. The van der Waals surface area contributed by atoms with E-state index in [1.54, 1.807) is 45.0 Å². The SMILES string of the molecule is CC1=C(C#N)C(=C(C#N)C#N)OC1(C)C.N#CCC#N. The van der Waals surface area contributed by atoms with Gasteiger partial charge in [0.25, 0.3) is 0 Å². The summed E-state index contributed by atoms with van der Waals surface area (Å²) in [6.07, 6.45) is 0. The molecule has 6 nitrogen and oxygen atoms in total. The lowest BCUT2D eigenvalue weighted by atomic mass is 9.97. The van der Waals surface area contributed by atoms with Crippen molar-refractivity contribution in [3.05, 3.63) is 22.5 Å². The standard InChI is InChI=1S/C11H9N3O.C3H2N2/c1-7-9(6-14)10(8(4-12)5-13)15-11(7,2)3;4-2-1-3-5/h1-3H3;1H2. The second-order valence-electron chi connectivity index (χ2n) is 4.14. The highest BCUT2D eigenvalue weighted by Crippen LogP contribution is 2.38. The molecule has 0 atom stereocenters. The third kappa shape index (κ3) is 3.61. The van der Waals surface area contributed by atoms with Crippen LogP contribution in [-0.4, -0.2) is 5.60 Å². The van der Waals surface area contributed by atoms with Crippen molar-refractivity contribution in [2.45, 2.75) is 32.8 Å². The van der Waals surface area contributed by atoms with Crippen LogP contribution in [0.15, 0.2) is 22.5 Å². The molecule has 0 fully saturated rings. The highest BCUT2D eigenvalue weighted by molar-refractivity contribution is 5.56. The molecule has 0 aromatic rings. The molecule has 0 radical (unpaired) electrons. The van der Waals surface area contributed by atoms with E-state index in [9.17, 15) is 0 Å². The second kappa shape index (κ2) is 7.23. The van der Waals surface area contributed by atoms with E-state index in [4.69, 9.17) is 31.0 Å². The van der Waals surface area contributed by atoms with Crippen LogP contribution in [0.4, 0.5) is 0 Å². The van der Waals surface area contributed by atoms with Crippen LogP contribution in [0.25, 0.3) is 0 Å². The fourth-order valence-corrected chi connectivity index (χ4v) is 1.33. The molecule has 0 N–H and O–H groups in total. The molecular formula is C14H11N5O. The molecule has 1 heterocycles. The Kier molecular flexibility index (Phi) is 6.05. The summed E-state index contributed by atoms with van der Waals surface area (Å²) in [7, 11) is 0. The molecule has 6 heteroatoms. The van der Waals surface area contributed by atoms with E-state index in [0.717, 1.165) is 5.57 Å². The number of nitriles is 5. The third-order valence-electron chi connectivity index (χ3n) is 2.58. The normalized spacial score (nSPS) is 14.2. The first-order valence-corrected chi connectivity index (χ1v) is 5.48. The van der Waals surface area contributed by atoms with Gasteiger partial charge in [-0.2, -0.15) is 26.3 Å². The van der Waals surface area contributed by atoms with Crippen molar-refractivity contribution in [3.63, 3.8) is 0 Å². The maximum atomic E-state index is 8.94. The molecule has 0 unspecified atom stereocenters. The van der Waals surface area contributed by atoms with E-state index in [1.165, 1.54) is 0 Å². The van der Waals surface area contributed by atoms with Crippen LogP contribution in [0.3, 0.4) is 0 Å². The van der Waals surface area contributed by atoms with Gasteiger partial charge in [0.15, 0.2) is 11.3 Å². The molecule has 0 amide bonds. The topological polar surface area (TPSA) is 128 Å². The molecule has 20 heavy (non-hydrogen) atoms. The minimum absolute atomic E-state index is 0. The quantitative estimate of drug-likeness (QED) is 0.618. The minimum Gasteiger partial charge on any atom is -0.480 e. The Hall–Kier alpha value is -3.27. The fraction of sp³-hybridized carbons (Fsp3) is 0.357. The van der Waals surface area contributed by atoms with Crippen molar-refractivity contribution >= 4 is 0 Å². The maximum absolute atomic E-state index is 8.94. The molecule has 1 rings (SSSR count). The van der Waals surface area contributed by atoms with Gasteiger partial charge in [-0.05, 0) is 26.3 Å². The van der Waals surface area contributed by atoms with Gasteiger partial charge in [-0.15, -0.1) is 0 Å². The van der Waals surface area contributed by atoms with Crippen molar-refractivity contribution in [3.8, 4) is 30.3 Å². The van der Waals surface area contributed by atoms with E-state index in [0.29, 0.717) is 0 Å². The monoisotopic (exact) mass is 265 g/mol. The summed E-state index contributed by atoms with van der Waals surface area (Å²) in [4.78, 5) is 0. The first-order chi connectivity index (χ1) is 9.39. The number of rotatable bonds is 0. The number of hydrogen-bond donors (Lipinski definition) is 0. The van der Waals surface area contributed by atoms with Gasteiger partial charge in [-0.1, -0.05) is 0 Å². The zero-order valence-electron chi connectivity index (χ0n) is 11.4. The molecule has 0 spiro atoms. The molecule has 1 aliphatic rings. The van der Waals surface area contributed by atoms with Crippen molar-refractivity contribution in [1.82, 2.24) is 0 Å². The molecule has 98 valence electrons. The Morgan fingerprint density at radius 1 is 1.05 bits per heavy atom. The molecule has 1 aliphatic heterocycles. The molecule has 0 aromatic carbocycles. The first kappa shape index (κ1) is 16.7. The van der Waals surface area contributed by atoms with Crippen molar-refractivity contribution in [1.29, 1.82) is 26.3 Å². The van der Waals surface area contributed by atoms with E-state index in [2.05, 4.69) is 0 Å². The van der Waals surface area contributed by atoms with Gasteiger partial charge in [0.2, 0.25) is 0 Å². The molecule has 0 aliphatic carbocycles. The average molecular weight is 265 g/mol. The van der Waals surface area contributed by atoms with Crippen molar-refractivity contribution < 1.29 is 4.74 Å². The van der Waals surface area contributed by atoms with E-state index >= 15 is 0 Å². The number of nitrogens with zero attached hydrogens (tertiary/aromatic N) is 5. The van der Waals surface area contributed by atoms with E-state index in [-0.39, 0.29) is 23.3 Å². The summed E-state index contributed by atoms with van der Waals surface area (Å²) >= 11 is 0. The zero-order valence-corrected chi connectivity index (χ0v) is 11.4. The third-order valence-corrected chi connectivity index (χ3v) is 2.58. The molecule has 0 bridgehead atoms. The summed E-state index contributed by atoms with van der Waals surface area (Å²) in [5, 5.41) is 41.6. The van der Waals surface area contributed by atoms with Crippen molar-refractivity contribution in [2.24, 2.45) is 0 Å². The summed E-state index contributed by atoms with van der Waals surface area (Å²) in [6, 6.07) is 8.72. The lowest BCUT2D eigenvalue weighted by molar-refractivity contribution is 0.0928. The Bertz CT molecular complexity index is 635. The van der Waals surface area contributed by atoms with Gasteiger partial charge in [-0.3, -0.25) is 0 Å². The Morgan fingerprint density at radius 2 is 1.55 bits per heavy atom. The van der Waals surface area contributed by atoms with Gasteiger partial charge in [-0.25, -0.2) is 0 Å². The van der Waals surface area contributed by atoms with Gasteiger partial charge < -0.3 is 4.74 Å². The summed E-state index contributed by atoms with van der Waals surface area (Å²) < 4.78 is 5.45. The van der Waals surface area contributed by atoms with E-state index in [1.807, 2.05) is 6.07 Å². The Balaban J connectivity index is 0.000000621. The van der Waals surface area contributed by atoms with Crippen LogP contribution in [-0.2, 0) is 4.74 Å². The van der Waals surface area contributed by atoms with Gasteiger partial charge in [0, 0.05) is 0 Å². The smallest absolute Gasteiger partial charge is 0.172 e. The van der Waals surface area contributed by atoms with Crippen LogP contribution < -0.4 is 0 Å². The average Bonchev–Trinajstić information content (AvgIpc) is 2.63. The zero-order chi connectivity index (χ0) is 15.8. The predicted molar refractivity (Wildman–Crippen MR) is 67.6 cm³/mol. The number of hydrogen-bond acceptors (Lipinski definition) is 6. The van der Waals surface area contributed by atoms with Gasteiger partial charge >= 0.3 is 0 Å². The molecule has 0 aromatic heterocycles. The van der Waals surface area contributed by atoms with E-state index < -0.39 is 5.60 Å². The molecular weight excluding hydrogens is 254 g/mol. The number of allylic oxidation sites excluding steroid dienone is 2. The van der Waals surface area contributed by atoms with Gasteiger partial charge in [0.05, 0.1) is 17.7 Å². The highest BCUT2D eigenvalue weighted by atomic mass is 16.5.